The summed E-state index contributed by atoms with van der Waals surface area (Å²) in [5, 5.41) is 22.9. The highest BCUT2D eigenvalue weighted by atomic mass is 16.6. The van der Waals surface area contributed by atoms with Crippen molar-refractivity contribution in [2.24, 2.45) is 0 Å². The minimum atomic E-state index is -1.11. The van der Waals surface area contributed by atoms with Crippen molar-refractivity contribution in [3.8, 4) is 0 Å². The molecule has 0 unspecified atom stereocenters. The minimum absolute atomic E-state index is 0.0279. The maximum atomic E-state index is 10.9. The van der Waals surface area contributed by atoms with Gasteiger partial charge in [-0.25, -0.2) is 4.79 Å². The third kappa shape index (κ3) is 3.19. The van der Waals surface area contributed by atoms with E-state index in [2.05, 4.69) is 5.32 Å². The number of nitro groups is 1. The molecule has 19 heavy (non-hydrogen) atoms. The second kappa shape index (κ2) is 5.66. The number of carboxylic acids is 1. The number of hydrogen-bond donors (Lipinski definition) is 2. The number of carbonyl (C=O) groups is 1. The number of nitrogens with one attached hydrogen (secondary N) is 1. The predicted molar refractivity (Wildman–Crippen MR) is 67.5 cm³/mol. The van der Waals surface area contributed by atoms with Crippen molar-refractivity contribution in [1.29, 1.82) is 0 Å². The number of nitro benzene ring substituents is 1. The summed E-state index contributed by atoms with van der Waals surface area (Å²) in [6.45, 7) is 1.20. The van der Waals surface area contributed by atoms with Crippen LogP contribution in [0.2, 0.25) is 0 Å². The molecule has 7 nitrogen and oxygen atoms in total. The number of carboxylic acid groups (broad SMARTS) is 1. The molecule has 1 aromatic carbocycles. The van der Waals surface area contributed by atoms with Crippen LogP contribution in [0.5, 0.6) is 0 Å². The normalized spacial score (nSPS) is 16.0. The van der Waals surface area contributed by atoms with Gasteiger partial charge in [0, 0.05) is 25.3 Å². The van der Waals surface area contributed by atoms with Gasteiger partial charge in [0.15, 0.2) is 0 Å². The van der Waals surface area contributed by atoms with Crippen LogP contribution in [0.3, 0.4) is 0 Å². The lowest BCUT2D eigenvalue weighted by molar-refractivity contribution is -0.384. The molecule has 0 radical (unpaired) electrons. The molecule has 0 spiro atoms. The fourth-order valence-electron chi connectivity index (χ4n) is 2.01. The molecule has 102 valence electrons. The van der Waals surface area contributed by atoms with Crippen LogP contribution in [-0.4, -0.2) is 35.3 Å². The van der Waals surface area contributed by atoms with E-state index in [1.165, 1.54) is 18.2 Å². The Morgan fingerprint density at radius 1 is 1.42 bits per heavy atom. The first-order valence-corrected chi connectivity index (χ1v) is 5.94. The zero-order valence-electron chi connectivity index (χ0n) is 10.2. The van der Waals surface area contributed by atoms with E-state index in [0.29, 0.717) is 13.2 Å². The van der Waals surface area contributed by atoms with Gasteiger partial charge < -0.3 is 15.2 Å². The quantitative estimate of drug-likeness (QED) is 0.637. The van der Waals surface area contributed by atoms with Crippen molar-refractivity contribution in [3.05, 3.63) is 33.9 Å². The number of benzene rings is 1. The van der Waals surface area contributed by atoms with Crippen LogP contribution in [0.25, 0.3) is 0 Å². The molecule has 0 aliphatic carbocycles. The number of anilines is 1. The molecule has 0 aromatic heterocycles. The van der Waals surface area contributed by atoms with Gasteiger partial charge in [0.05, 0.1) is 10.5 Å². The third-order valence-electron chi connectivity index (χ3n) is 3.02. The molecule has 1 fully saturated rings. The first-order chi connectivity index (χ1) is 9.08. The van der Waals surface area contributed by atoms with E-state index in [9.17, 15) is 14.9 Å². The molecule has 1 aliphatic rings. The van der Waals surface area contributed by atoms with E-state index in [4.69, 9.17) is 9.84 Å². The highest BCUT2D eigenvalue weighted by Gasteiger charge is 2.20. The summed E-state index contributed by atoms with van der Waals surface area (Å²) in [4.78, 5) is 21.3. The number of ether oxygens (including phenoxy) is 1. The Morgan fingerprint density at radius 3 is 2.68 bits per heavy atom. The fraction of sp³-hybridized carbons (Fsp3) is 0.417. The van der Waals surface area contributed by atoms with Gasteiger partial charge in [0.1, 0.15) is 5.69 Å². The van der Waals surface area contributed by atoms with Crippen LogP contribution in [0.1, 0.15) is 23.2 Å². The number of hydrogen-bond acceptors (Lipinski definition) is 5. The van der Waals surface area contributed by atoms with E-state index in [0.717, 1.165) is 12.8 Å². The Kier molecular flexibility index (Phi) is 3.96. The van der Waals surface area contributed by atoms with Crippen LogP contribution in [0.4, 0.5) is 11.4 Å². The Labute approximate surface area is 109 Å². The molecule has 1 saturated heterocycles. The molecule has 0 bridgehead atoms. The minimum Gasteiger partial charge on any atom is -0.478 e. The smallest absolute Gasteiger partial charge is 0.335 e. The lowest BCUT2D eigenvalue weighted by Gasteiger charge is -2.24. The molecule has 0 atom stereocenters. The van der Waals surface area contributed by atoms with Crippen molar-refractivity contribution in [2.45, 2.75) is 18.9 Å². The summed E-state index contributed by atoms with van der Waals surface area (Å²) in [5.41, 5.74) is 0.161. The second-order valence-electron chi connectivity index (χ2n) is 4.33. The zero-order valence-corrected chi connectivity index (χ0v) is 10.2. The first kappa shape index (κ1) is 13.3. The van der Waals surface area contributed by atoms with Gasteiger partial charge >= 0.3 is 5.97 Å². The molecule has 1 aromatic rings. The van der Waals surface area contributed by atoms with Gasteiger partial charge in [-0.1, -0.05) is 0 Å². The van der Waals surface area contributed by atoms with E-state index in [-0.39, 0.29) is 23.0 Å². The average molecular weight is 266 g/mol. The van der Waals surface area contributed by atoms with Gasteiger partial charge in [0.2, 0.25) is 0 Å². The van der Waals surface area contributed by atoms with Crippen molar-refractivity contribution in [2.75, 3.05) is 18.5 Å². The van der Waals surface area contributed by atoms with Crippen LogP contribution in [-0.2, 0) is 4.74 Å². The van der Waals surface area contributed by atoms with E-state index in [1.807, 2.05) is 0 Å². The van der Waals surface area contributed by atoms with Crippen molar-refractivity contribution in [3.63, 3.8) is 0 Å². The van der Waals surface area contributed by atoms with E-state index < -0.39 is 10.9 Å². The van der Waals surface area contributed by atoms with E-state index in [1.54, 1.807) is 0 Å². The lowest BCUT2D eigenvalue weighted by Crippen LogP contribution is -2.28. The topological polar surface area (TPSA) is 102 Å². The monoisotopic (exact) mass is 266 g/mol. The molecule has 2 rings (SSSR count). The molecule has 1 aliphatic heterocycles. The summed E-state index contributed by atoms with van der Waals surface area (Å²) in [6.07, 6.45) is 1.49. The standard InChI is InChI=1S/C12H14N2O5/c15-12(16)8-1-2-11(14(17)18)10(7-8)13-9-3-5-19-6-4-9/h1-2,7,9,13H,3-6H2,(H,15,16). The molecule has 2 N–H and O–H groups in total. The largest absolute Gasteiger partial charge is 0.478 e. The van der Waals surface area contributed by atoms with Crippen LogP contribution < -0.4 is 5.32 Å². The summed E-state index contributed by atoms with van der Waals surface area (Å²) < 4.78 is 5.21. The number of aromatic carboxylic acids is 1. The summed E-state index contributed by atoms with van der Waals surface area (Å²) in [6, 6.07) is 3.81. The average Bonchev–Trinajstić information content (AvgIpc) is 2.39. The van der Waals surface area contributed by atoms with Gasteiger partial charge in [-0.15, -0.1) is 0 Å². The number of rotatable bonds is 4. The maximum Gasteiger partial charge on any atom is 0.335 e. The molecule has 1 heterocycles. The van der Waals surface area contributed by atoms with Gasteiger partial charge in [0.25, 0.3) is 5.69 Å². The molecular weight excluding hydrogens is 252 g/mol. The van der Waals surface area contributed by atoms with E-state index >= 15 is 0 Å². The van der Waals surface area contributed by atoms with Crippen molar-refractivity contribution in [1.82, 2.24) is 0 Å². The summed E-state index contributed by atoms with van der Waals surface area (Å²) >= 11 is 0. The molecule has 7 heteroatoms. The van der Waals surface area contributed by atoms with Gasteiger partial charge in [-0.05, 0) is 25.0 Å². The van der Waals surface area contributed by atoms with Crippen LogP contribution >= 0.6 is 0 Å². The van der Waals surface area contributed by atoms with Crippen molar-refractivity contribution < 1.29 is 19.6 Å². The predicted octanol–water partition coefficient (Wildman–Crippen LogP) is 1.88. The Bertz CT molecular complexity index is 497. The zero-order chi connectivity index (χ0) is 13.8. The SMILES string of the molecule is O=C(O)c1ccc([N+](=O)[O-])c(NC2CCOCC2)c1. The van der Waals surface area contributed by atoms with Gasteiger partial charge in [-0.3, -0.25) is 10.1 Å². The molecule has 0 saturated carbocycles. The van der Waals surface area contributed by atoms with Crippen molar-refractivity contribution >= 4 is 17.3 Å². The molecular formula is C12H14N2O5. The summed E-state index contributed by atoms with van der Waals surface area (Å²) in [5.74, 6) is -1.11. The Balaban J connectivity index is 2.26. The molecule has 0 amide bonds. The number of nitrogens with zero attached hydrogens (tertiary/aromatic N) is 1. The second-order valence-corrected chi connectivity index (χ2v) is 4.33. The highest BCUT2D eigenvalue weighted by Crippen LogP contribution is 2.27. The maximum absolute atomic E-state index is 10.9. The summed E-state index contributed by atoms with van der Waals surface area (Å²) in [7, 11) is 0. The highest BCUT2D eigenvalue weighted by molar-refractivity contribution is 5.90. The Hall–Kier alpha value is -2.15. The lowest BCUT2D eigenvalue weighted by atomic mass is 10.1. The Morgan fingerprint density at radius 2 is 2.11 bits per heavy atom. The van der Waals surface area contributed by atoms with Gasteiger partial charge in [-0.2, -0.15) is 0 Å². The van der Waals surface area contributed by atoms with Crippen LogP contribution in [0, 0.1) is 10.1 Å². The first-order valence-electron chi connectivity index (χ1n) is 5.94. The van der Waals surface area contributed by atoms with Crippen LogP contribution in [0.15, 0.2) is 18.2 Å². The fourth-order valence-corrected chi connectivity index (χ4v) is 2.01. The third-order valence-corrected chi connectivity index (χ3v) is 3.02.